The van der Waals surface area contributed by atoms with Crippen LogP contribution in [0.1, 0.15) is 48.7 Å². The number of piperidine rings is 2. The van der Waals surface area contributed by atoms with E-state index in [0.29, 0.717) is 28.5 Å². The molecule has 2 fully saturated rings. The fourth-order valence-corrected chi connectivity index (χ4v) is 6.42. The first-order valence-electron chi connectivity index (χ1n) is 15.1. The van der Waals surface area contributed by atoms with Crippen LogP contribution >= 0.6 is 0 Å². The number of methoxy groups -OCH3 is 2. The van der Waals surface area contributed by atoms with Gasteiger partial charge in [0.05, 0.1) is 25.9 Å². The monoisotopic (exact) mass is 574 g/mol. The molecule has 224 valence electrons. The second kappa shape index (κ2) is 12.7. The van der Waals surface area contributed by atoms with E-state index in [0.717, 1.165) is 66.8 Å². The van der Waals surface area contributed by atoms with E-state index < -0.39 is 0 Å². The topological polar surface area (TPSA) is 92.2 Å². The Labute approximate surface area is 247 Å². The van der Waals surface area contributed by atoms with Gasteiger partial charge in [0.15, 0.2) is 0 Å². The van der Waals surface area contributed by atoms with Crippen LogP contribution in [0.15, 0.2) is 47.1 Å². The van der Waals surface area contributed by atoms with Gasteiger partial charge in [-0.15, -0.1) is 0 Å². The van der Waals surface area contributed by atoms with Gasteiger partial charge in [-0.25, -0.2) is 0 Å². The molecular formula is C33H42N4O5. The maximum Gasteiger partial charge on any atom is 0.267 e. The van der Waals surface area contributed by atoms with E-state index in [-0.39, 0.29) is 18.6 Å². The summed E-state index contributed by atoms with van der Waals surface area (Å²) in [6, 6.07) is 11.5. The molecule has 2 aliphatic rings. The molecule has 2 aromatic carbocycles. The zero-order chi connectivity index (χ0) is 29.1. The number of rotatable bonds is 10. The van der Waals surface area contributed by atoms with Gasteiger partial charge in [0, 0.05) is 67.4 Å². The highest BCUT2D eigenvalue weighted by atomic mass is 16.5. The summed E-state index contributed by atoms with van der Waals surface area (Å²) in [6.45, 7) is 9.44. The van der Waals surface area contributed by atoms with Gasteiger partial charge in [-0.1, -0.05) is 13.0 Å². The number of fused-ring (bicyclic) bond motifs is 2. The number of hydrogen-bond donors (Lipinski definition) is 2. The Bertz CT molecular complexity index is 1520. The lowest BCUT2D eigenvalue weighted by Gasteiger charge is -2.36. The van der Waals surface area contributed by atoms with E-state index in [1.165, 1.54) is 25.9 Å². The molecule has 2 N–H and O–H groups in total. The van der Waals surface area contributed by atoms with Gasteiger partial charge in [-0.2, -0.15) is 0 Å². The quantitative estimate of drug-likeness (QED) is 0.261. The molecule has 0 saturated carbocycles. The highest BCUT2D eigenvalue weighted by molar-refractivity contribution is 5.99. The first-order chi connectivity index (χ1) is 20.5. The van der Waals surface area contributed by atoms with Crippen molar-refractivity contribution in [1.29, 1.82) is 0 Å². The van der Waals surface area contributed by atoms with Crippen molar-refractivity contribution in [3.05, 3.63) is 53.9 Å². The van der Waals surface area contributed by atoms with Crippen LogP contribution in [0.25, 0.3) is 21.9 Å². The van der Waals surface area contributed by atoms with E-state index in [4.69, 9.17) is 18.6 Å². The van der Waals surface area contributed by atoms with Crippen LogP contribution in [0, 0.1) is 5.92 Å². The highest BCUT2D eigenvalue weighted by Crippen LogP contribution is 2.36. The molecular weight excluding hydrogens is 532 g/mol. The largest absolute Gasteiger partial charge is 0.496 e. The van der Waals surface area contributed by atoms with Crippen LogP contribution in [-0.4, -0.2) is 80.2 Å². The second-order valence-electron chi connectivity index (χ2n) is 11.8. The van der Waals surface area contributed by atoms with E-state index in [1.807, 2.05) is 36.4 Å². The van der Waals surface area contributed by atoms with Crippen LogP contribution < -0.4 is 19.5 Å². The minimum absolute atomic E-state index is 0.0718. The molecule has 2 saturated heterocycles. The number of benzene rings is 2. The number of nitrogens with one attached hydrogen (secondary N) is 2. The van der Waals surface area contributed by atoms with Crippen LogP contribution in [0.3, 0.4) is 0 Å². The third-order valence-corrected chi connectivity index (χ3v) is 8.79. The standard InChI is InChI=1S/C33H42N4O5/c1-22-6-5-11-37(19-22)15-14-36-12-9-24(10-13-36)34-33(38)28-18-26-27(35-28)7-4-8-29(26)41-20-23-21-42-31-17-25(39-2)16-30(40-3)32(23)31/h4,7-8,16-18,21-22,24,35H,5-6,9-15,19-20H2,1-3H3,(H,34,38). The molecule has 9 nitrogen and oxygen atoms in total. The summed E-state index contributed by atoms with van der Waals surface area (Å²) >= 11 is 0. The molecule has 0 spiro atoms. The normalized spacial score (nSPS) is 18.9. The summed E-state index contributed by atoms with van der Waals surface area (Å²) in [4.78, 5) is 21.7. The van der Waals surface area contributed by atoms with Gasteiger partial charge in [-0.3, -0.25) is 4.79 Å². The molecule has 0 bridgehead atoms. The van der Waals surface area contributed by atoms with Gasteiger partial charge >= 0.3 is 0 Å². The number of nitrogens with zero attached hydrogens (tertiary/aromatic N) is 2. The molecule has 4 aromatic rings. The fraction of sp³-hybridized carbons (Fsp3) is 0.485. The minimum atomic E-state index is -0.0718. The van der Waals surface area contributed by atoms with Crippen molar-refractivity contribution >= 4 is 27.8 Å². The number of likely N-dealkylation sites (tertiary alicyclic amines) is 2. The number of carbonyl (C=O) groups is 1. The van der Waals surface area contributed by atoms with Crippen LogP contribution in [0.4, 0.5) is 0 Å². The van der Waals surface area contributed by atoms with Crippen LogP contribution in [-0.2, 0) is 6.61 Å². The Hall–Kier alpha value is -3.69. The molecule has 2 aromatic heterocycles. The molecule has 0 aliphatic carbocycles. The van der Waals surface area contributed by atoms with Crippen molar-refractivity contribution in [2.24, 2.45) is 5.92 Å². The zero-order valence-corrected chi connectivity index (χ0v) is 24.9. The summed E-state index contributed by atoms with van der Waals surface area (Å²) in [5, 5.41) is 4.98. The second-order valence-corrected chi connectivity index (χ2v) is 11.8. The molecule has 9 heteroatoms. The molecule has 1 unspecified atom stereocenters. The highest BCUT2D eigenvalue weighted by Gasteiger charge is 2.24. The average molecular weight is 575 g/mol. The fourth-order valence-electron chi connectivity index (χ4n) is 6.42. The summed E-state index contributed by atoms with van der Waals surface area (Å²) < 4.78 is 22.9. The van der Waals surface area contributed by atoms with Gasteiger partial charge in [-0.05, 0) is 56.3 Å². The van der Waals surface area contributed by atoms with Crippen molar-refractivity contribution in [2.75, 3.05) is 53.5 Å². The first kappa shape index (κ1) is 28.4. The first-order valence-corrected chi connectivity index (χ1v) is 15.1. The van der Waals surface area contributed by atoms with Gasteiger partial charge in [0.1, 0.15) is 35.1 Å². The number of aromatic amines is 1. The molecule has 4 heterocycles. The molecule has 0 radical (unpaired) electrons. The zero-order valence-electron chi connectivity index (χ0n) is 24.9. The van der Waals surface area contributed by atoms with Crippen LogP contribution in [0.5, 0.6) is 17.2 Å². The van der Waals surface area contributed by atoms with E-state index in [2.05, 4.69) is 27.0 Å². The number of hydrogen-bond acceptors (Lipinski definition) is 7. The van der Waals surface area contributed by atoms with E-state index in [9.17, 15) is 4.79 Å². The van der Waals surface area contributed by atoms with Crippen molar-refractivity contribution < 1.29 is 23.4 Å². The Kier molecular flexibility index (Phi) is 8.58. The van der Waals surface area contributed by atoms with Gasteiger partial charge in [0.2, 0.25) is 0 Å². The molecule has 1 amide bonds. The predicted molar refractivity (Wildman–Crippen MR) is 164 cm³/mol. The predicted octanol–water partition coefficient (Wildman–Crippen LogP) is 5.44. The SMILES string of the molecule is COc1cc(OC)c2c(COc3cccc4[nH]c(C(=O)NC5CCN(CCN6CCCC(C)C6)CC5)cc34)coc2c1. The summed E-state index contributed by atoms with van der Waals surface area (Å²) in [7, 11) is 3.24. The Morgan fingerprint density at radius 2 is 1.86 bits per heavy atom. The number of carbonyl (C=O) groups excluding carboxylic acids is 1. The summed E-state index contributed by atoms with van der Waals surface area (Å²) in [5.41, 5.74) is 2.95. The van der Waals surface area contributed by atoms with E-state index >= 15 is 0 Å². The minimum Gasteiger partial charge on any atom is -0.496 e. The lowest BCUT2D eigenvalue weighted by molar-refractivity contribution is 0.0898. The Morgan fingerprint density at radius 1 is 1.02 bits per heavy atom. The molecule has 42 heavy (non-hydrogen) atoms. The summed E-state index contributed by atoms with van der Waals surface area (Å²) in [5.74, 6) is 2.77. The van der Waals surface area contributed by atoms with Crippen molar-refractivity contribution in [3.63, 3.8) is 0 Å². The van der Waals surface area contributed by atoms with Gasteiger partial charge in [0.25, 0.3) is 5.91 Å². The Balaban J connectivity index is 1.05. The number of H-pyrrole nitrogens is 1. The maximum atomic E-state index is 13.2. The van der Waals surface area contributed by atoms with Crippen molar-refractivity contribution in [3.8, 4) is 17.2 Å². The lowest BCUT2D eigenvalue weighted by atomic mass is 10.0. The van der Waals surface area contributed by atoms with Crippen LogP contribution in [0.2, 0.25) is 0 Å². The third-order valence-electron chi connectivity index (χ3n) is 8.79. The number of aromatic nitrogens is 1. The lowest BCUT2D eigenvalue weighted by Crippen LogP contribution is -2.47. The maximum absolute atomic E-state index is 13.2. The van der Waals surface area contributed by atoms with Crippen molar-refractivity contribution in [1.82, 2.24) is 20.1 Å². The van der Waals surface area contributed by atoms with Crippen molar-refractivity contribution in [2.45, 2.75) is 45.3 Å². The number of furan rings is 1. The van der Waals surface area contributed by atoms with E-state index in [1.54, 1.807) is 20.5 Å². The summed E-state index contributed by atoms with van der Waals surface area (Å²) in [6.07, 6.45) is 6.32. The molecule has 1 atom stereocenters. The molecule has 2 aliphatic heterocycles. The smallest absolute Gasteiger partial charge is 0.267 e. The number of amides is 1. The molecule has 6 rings (SSSR count). The average Bonchev–Trinajstić information content (AvgIpc) is 3.64. The number of ether oxygens (including phenoxy) is 3. The van der Waals surface area contributed by atoms with Gasteiger partial charge < -0.3 is 38.7 Å². The third kappa shape index (κ3) is 6.22. The Morgan fingerprint density at radius 3 is 2.64 bits per heavy atom.